The van der Waals surface area contributed by atoms with Gasteiger partial charge in [-0.3, -0.25) is 4.79 Å². The van der Waals surface area contributed by atoms with Crippen molar-refractivity contribution < 1.29 is 14.6 Å². The first-order valence-electron chi connectivity index (χ1n) is 6.28. The molecule has 2 aromatic rings. The number of aromatic nitrogens is 4. The van der Waals surface area contributed by atoms with Crippen LogP contribution in [0.25, 0.3) is 11.4 Å². The molecular formula is C13H16N5O2+. The molecule has 0 aliphatic rings. The van der Waals surface area contributed by atoms with E-state index >= 15 is 0 Å². The van der Waals surface area contributed by atoms with Gasteiger partial charge in [0.05, 0.1) is 0 Å². The fraction of sp³-hybridized carbons (Fsp3) is 0.308. The van der Waals surface area contributed by atoms with Crippen LogP contribution in [0.4, 0.5) is 0 Å². The molecule has 0 aliphatic heterocycles. The molecule has 1 unspecified atom stereocenters. The second kappa shape index (κ2) is 6.67. The summed E-state index contributed by atoms with van der Waals surface area (Å²) in [6.45, 7) is 0.622. The predicted octanol–water partition coefficient (Wildman–Crippen LogP) is 0.0182. The minimum atomic E-state index is -0.973. The fourth-order valence-electron chi connectivity index (χ4n) is 1.69. The van der Waals surface area contributed by atoms with E-state index < -0.39 is 12.0 Å². The van der Waals surface area contributed by atoms with Crippen molar-refractivity contribution in [3.63, 3.8) is 0 Å². The molecule has 0 spiro atoms. The highest BCUT2D eigenvalue weighted by molar-refractivity contribution is 5.72. The maximum absolute atomic E-state index is 10.6. The van der Waals surface area contributed by atoms with Gasteiger partial charge < -0.3 is 10.8 Å². The van der Waals surface area contributed by atoms with Crippen LogP contribution < -0.4 is 10.4 Å². The molecule has 0 aliphatic carbocycles. The SMILES string of the molecule is NC(CCC[n+]1ccc(-c2ncccn2)cn1)C(=O)O. The Bertz CT molecular complexity index is 559. The van der Waals surface area contributed by atoms with E-state index in [1.807, 2.05) is 12.3 Å². The normalized spacial score (nSPS) is 12.1. The fourth-order valence-corrected chi connectivity index (χ4v) is 1.69. The van der Waals surface area contributed by atoms with Crippen molar-refractivity contribution in [1.29, 1.82) is 0 Å². The summed E-state index contributed by atoms with van der Waals surface area (Å²) in [4.78, 5) is 18.9. The smallest absolute Gasteiger partial charge is 0.320 e. The number of nitrogens with two attached hydrogens (primary N) is 1. The molecule has 7 heteroatoms. The standard InChI is InChI=1S/C13H15N5O2/c14-11(13(19)20)3-1-7-18-8-4-10(9-17-18)12-15-5-2-6-16-12/h2,4-6,8-9,11H,1,3,7,14H2/p+1. The summed E-state index contributed by atoms with van der Waals surface area (Å²) in [6, 6.07) is 2.82. The third-order valence-corrected chi connectivity index (χ3v) is 2.81. The van der Waals surface area contributed by atoms with E-state index in [0.29, 0.717) is 25.2 Å². The van der Waals surface area contributed by atoms with Crippen molar-refractivity contribution in [2.75, 3.05) is 0 Å². The summed E-state index contributed by atoms with van der Waals surface area (Å²) < 4.78 is 1.74. The van der Waals surface area contributed by atoms with Crippen molar-refractivity contribution in [3.8, 4) is 11.4 Å². The van der Waals surface area contributed by atoms with E-state index in [1.165, 1.54) is 0 Å². The molecule has 2 rings (SSSR count). The second-order valence-electron chi connectivity index (χ2n) is 4.34. The Morgan fingerprint density at radius 3 is 2.75 bits per heavy atom. The molecule has 0 bridgehead atoms. The lowest BCUT2D eigenvalue weighted by molar-refractivity contribution is -0.754. The van der Waals surface area contributed by atoms with Crippen molar-refractivity contribution in [2.24, 2.45) is 5.73 Å². The monoisotopic (exact) mass is 274 g/mol. The summed E-state index contributed by atoms with van der Waals surface area (Å²) in [5, 5.41) is 12.9. The Balaban J connectivity index is 1.91. The lowest BCUT2D eigenvalue weighted by Crippen LogP contribution is -2.38. The van der Waals surface area contributed by atoms with Crippen molar-refractivity contribution in [2.45, 2.75) is 25.4 Å². The molecule has 20 heavy (non-hydrogen) atoms. The van der Waals surface area contributed by atoms with Gasteiger partial charge in [-0.1, -0.05) is 4.68 Å². The number of carboxylic acid groups (broad SMARTS) is 1. The number of nitrogens with zero attached hydrogens (tertiary/aromatic N) is 4. The minimum Gasteiger partial charge on any atom is -0.480 e. The number of carboxylic acids is 1. The molecule has 3 N–H and O–H groups in total. The summed E-state index contributed by atoms with van der Waals surface area (Å²) in [5.74, 6) is -0.348. The zero-order valence-corrected chi connectivity index (χ0v) is 10.9. The number of hydrogen-bond acceptors (Lipinski definition) is 5. The number of rotatable bonds is 6. The van der Waals surface area contributed by atoms with Gasteiger partial charge >= 0.3 is 5.97 Å². The molecule has 2 heterocycles. The predicted molar refractivity (Wildman–Crippen MR) is 70.3 cm³/mol. The lowest BCUT2D eigenvalue weighted by atomic mass is 10.2. The zero-order chi connectivity index (χ0) is 14.4. The van der Waals surface area contributed by atoms with E-state index in [0.717, 1.165) is 5.56 Å². The first-order chi connectivity index (χ1) is 9.66. The molecule has 0 radical (unpaired) electrons. The van der Waals surface area contributed by atoms with Gasteiger partial charge in [-0.25, -0.2) is 9.97 Å². The van der Waals surface area contributed by atoms with Crippen LogP contribution in [0.15, 0.2) is 36.9 Å². The van der Waals surface area contributed by atoms with Gasteiger partial charge in [0.25, 0.3) is 0 Å². The van der Waals surface area contributed by atoms with Gasteiger partial charge in [0.15, 0.2) is 18.6 Å². The highest BCUT2D eigenvalue weighted by Crippen LogP contribution is 2.09. The topological polar surface area (TPSA) is 106 Å². The third kappa shape index (κ3) is 3.79. The first kappa shape index (κ1) is 14.0. The van der Waals surface area contributed by atoms with Crippen LogP contribution >= 0.6 is 0 Å². The van der Waals surface area contributed by atoms with Crippen molar-refractivity contribution in [3.05, 3.63) is 36.9 Å². The first-order valence-corrected chi connectivity index (χ1v) is 6.28. The van der Waals surface area contributed by atoms with Gasteiger partial charge in [-0.05, 0) is 17.6 Å². The van der Waals surface area contributed by atoms with Crippen LogP contribution in [0.5, 0.6) is 0 Å². The quantitative estimate of drug-likeness (QED) is 0.719. The zero-order valence-electron chi connectivity index (χ0n) is 10.9. The highest BCUT2D eigenvalue weighted by Gasteiger charge is 2.12. The van der Waals surface area contributed by atoms with Gasteiger partial charge in [0.1, 0.15) is 12.2 Å². The maximum Gasteiger partial charge on any atom is 0.320 e. The van der Waals surface area contributed by atoms with E-state index in [2.05, 4.69) is 15.1 Å². The molecule has 0 aromatic carbocycles. The van der Waals surface area contributed by atoms with Gasteiger partial charge in [0, 0.05) is 30.4 Å². The van der Waals surface area contributed by atoms with E-state index in [4.69, 9.17) is 10.8 Å². The molecular weight excluding hydrogens is 258 g/mol. The molecule has 0 fully saturated rings. The Kier molecular flexibility index (Phi) is 4.67. The number of aliphatic carboxylic acids is 1. The largest absolute Gasteiger partial charge is 0.480 e. The summed E-state index contributed by atoms with van der Waals surface area (Å²) in [5.41, 5.74) is 6.27. The highest BCUT2D eigenvalue weighted by atomic mass is 16.4. The average molecular weight is 274 g/mol. The van der Waals surface area contributed by atoms with E-state index in [9.17, 15) is 4.79 Å². The third-order valence-electron chi connectivity index (χ3n) is 2.81. The molecule has 0 amide bonds. The van der Waals surface area contributed by atoms with Crippen LogP contribution in [-0.2, 0) is 11.3 Å². The van der Waals surface area contributed by atoms with Crippen molar-refractivity contribution >= 4 is 5.97 Å². The lowest BCUT2D eigenvalue weighted by Gasteiger charge is -2.03. The van der Waals surface area contributed by atoms with Crippen molar-refractivity contribution in [1.82, 2.24) is 15.1 Å². The number of aryl methyl sites for hydroxylation is 1. The van der Waals surface area contributed by atoms with Crippen LogP contribution in [0.3, 0.4) is 0 Å². The molecule has 1 atom stereocenters. The van der Waals surface area contributed by atoms with E-state index in [-0.39, 0.29) is 0 Å². The van der Waals surface area contributed by atoms with E-state index in [1.54, 1.807) is 29.3 Å². The molecule has 7 nitrogen and oxygen atoms in total. The Morgan fingerprint density at radius 2 is 2.15 bits per heavy atom. The van der Waals surface area contributed by atoms with Crippen LogP contribution in [0.1, 0.15) is 12.8 Å². The Morgan fingerprint density at radius 1 is 1.40 bits per heavy atom. The van der Waals surface area contributed by atoms with Crippen LogP contribution in [0.2, 0.25) is 0 Å². The molecule has 0 saturated carbocycles. The maximum atomic E-state index is 10.6. The Hall–Kier alpha value is -2.41. The minimum absolute atomic E-state index is 0.424. The molecule has 2 aromatic heterocycles. The van der Waals surface area contributed by atoms with Crippen LogP contribution in [0, 0.1) is 0 Å². The van der Waals surface area contributed by atoms with Gasteiger partial charge in [0.2, 0.25) is 0 Å². The number of carbonyl (C=O) groups is 1. The summed E-state index contributed by atoms with van der Waals surface area (Å²) in [7, 11) is 0. The summed E-state index contributed by atoms with van der Waals surface area (Å²) >= 11 is 0. The van der Waals surface area contributed by atoms with Gasteiger partial charge in [-0.15, -0.1) is 0 Å². The number of hydrogen-bond donors (Lipinski definition) is 2. The molecule has 104 valence electrons. The Labute approximate surface area is 116 Å². The second-order valence-corrected chi connectivity index (χ2v) is 4.34. The van der Waals surface area contributed by atoms with Gasteiger partial charge in [-0.2, -0.15) is 0 Å². The summed E-state index contributed by atoms with van der Waals surface area (Å²) in [6.07, 6.45) is 7.94. The molecule has 0 saturated heterocycles. The average Bonchev–Trinajstić information content (AvgIpc) is 2.48. The van der Waals surface area contributed by atoms with Crippen LogP contribution in [-0.4, -0.2) is 32.2 Å².